The van der Waals surface area contributed by atoms with Gasteiger partial charge < -0.3 is 20.7 Å². The summed E-state index contributed by atoms with van der Waals surface area (Å²) in [5.41, 5.74) is 1.62. The molecule has 0 spiro atoms. The van der Waals surface area contributed by atoms with E-state index in [1.165, 1.54) is 24.3 Å². The number of aromatic nitrogens is 4. The number of hydrogen-bond acceptors (Lipinski definition) is 12. The third kappa shape index (κ3) is 7.26. The minimum Gasteiger partial charge on any atom is -0.395 e. The average Bonchev–Trinajstić information content (AvgIpc) is 3.52. The number of nitrogens with one attached hydrogen (secondary N) is 2. The molecule has 1 aromatic carbocycles. The van der Waals surface area contributed by atoms with Crippen LogP contribution in [0.15, 0.2) is 48.0 Å². The Hall–Kier alpha value is -3.02. The monoisotopic (exact) mass is 658 g/mol. The van der Waals surface area contributed by atoms with Crippen LogP contribution in [0.2, 0.25) is 0 Å². The van der Waals surface area contributed by atoms with Crippen molar-refractivity contribution in [3.63, 3.8) is 0 Å². The minimum absolute atomic E-state index is 0.0610. The highest BCUT2D eigenvalue weighted by molar-refractivity contribution is 8.13. The van der Waals surface area contributed by atoms with Crippen LogP contribution < -0.4 is 16.4 Å². The number of benzene rings is 1. The van der Waals surface area contributed by atoms with Crippen molar-refractivity contribution < 1.29 is 42.1 Å². The zero-order valence-corrected chi connectivity index (χ0v) is 25.5. The second kappa shape index (κ2) is 13.5. The van der Waals surface area contributed by atoms with E-state index in [1.54, 1.807) is 13.8 Å². The summed E-state index contributed by atoms with van der Waals surface area (Å²) in [5, 5.41) is 22.6. The Labute approximate surface area is 254 Å². The number of aromatic amines is 1. The fraction of sp³-hybridized carbons (Fsp3) is 0.462. The maximum Gasteiger partial charge on any atom is 0.405 e. The van der Waals surface area contributed by atoms with Gasteiger partial charge in [-0.3, -0.25) is 28.2 Å². The van der Waals surface area contributed by atoms with Gasteiger partial charge in [0.15, 0.2) is 22.5 Å². The van der Waals surface area contributed by atoms with Gasteiger partial charge in [0.25, 0.3) is 5.56 Å². The summed E-state index contributed by atoms with van der Waals surface area (Å²) in [6.07, 6.45) is -3.01. The first kappa shape index (κ1) is 33.9. The quantitative estimate of drug-likeness (QED) is 0.0959. The Morgan fingerprint density at radius 3 is 2.75 bits per heavy atom. The predicted octanol–water partition coefficient (Wildman–Crippen LogP) is 2.20. The van der Waals surface area contributed by atoms with Gasteiger partial charge in [-0.2, -0.15) is 4.98 Å². The molecule has 5 atom stereocenters. The third-order valence-electron chi connectivity index (χ3n) is 6.83. The molecule has 1 saturated heterocycles. The average molecular weight is 659 g/mol. The van der Waals surface area contributed by atoms with Crippen LogP contribution in [0.4, 0.5) is 14.7 Å². The van der Waals surface area contributed by atoms with Crippen LogP contribution in [-0.2, 0) is 29.7 Å². The zero-order valence-electron chi connectivity index (χ0n) is 23.8. The lowest BCUT2D eigenvalue weighted by Gasteiger charge is -2.25. The molecule has 1 fully saturated rings. The Bertz CT molecular complexity index is 1610. The second-order valence-corrected chi connectivity index (χ2v) is 13.4. The molecule has 1 unspecified atom stereocenters. The number of aliphatic hydroxyl groups excluding tert-OH is 2. The van der Waals surface area contributed by atoms with Crippen molar-refractivity contribution in [2.75, 3.05) is 31.3 Å². The van der Waals surface area contributed by atoms with Crippen LogP contribution in [0.25, 0.3) is 11.2 Å². The number of thioether (sulfide) groups is 1. The van der Waals surface area contributed by atoms with Gasteiger partial charge in [-0.15, -0.1) is 0 Å². The fourth-order valence-electron chi connectivity index (χ4n) is 4.16. The minimum atomic E-state index is -4.22. The molecule has 3 aromatic rings. The van der Waals surface area contributed by atoms with Crippen molar-refractivity contribution in [3.8, 4) is 0 Å². The number of hydrogen-bond donors (Lipinski definition) is 5. The number of nitrogens with zero attached hydrogens (tertiary/aromatic N) is 3. The molecule has 240 valence electrons. The molecule has 0 bridgehead atoms. The number of H-pyrrole nitrogens is 1. The van der Waals surface area contributed by atoms with Crippen LogP contribution in [-0.4, -0.2) is 78.3 Å². The SMILES string of the molecule is C=C[C@@]1(F)[C@H](O)[C@@H](COP(=O)(NCc2ccc(F)cc2)OCCSC(=O)C(C)(C)CO)O[C@H]1n1cnc2c(=O)[nH]c(N)nc21. The van der Waals surface area contributed by atoms with Gasteiger partial charge in [0.2, 0.25) is 11.6 Å². The van der Waals surface area contributed by atoms with E-state index in [0.717, 1.165) is 28.7 Å². The molecule has 18 heteroatoms. The summed E-state index contributed by atoms with van der Waals surface area (Å²) in [6.45, 7) is 5.31. The lowest BCUT2D eigenvalue weighted by Crippen LogP contribution is -2.41. The molecular formula is C26H33F2N6O8PS. The number of rotatable bonds is 14. The normalized spacial score (nSPS) is 23.5. The number of halogens is 2. The lowest BCUT2D eigenvalue weighted by atomic mass is 9.96. The van der Waals surface area contributed by atoms with Crippen molar-refractivity contribution in [3.05, 3.63) is 65.0 Å². The Morgan fingerprint density at radius 1 is 1.39 bits per heavy atom. The standard InChI is InChI=1S/C26H33F2N6O8PS/c1-4-26(28)19(36)17(42-22(26)34-14-30-18-20(34)32-24(29)33-21(18)37)12-41-43(39,31-11-15-5-7-16(27)8-6-15)40-9-10-44-23(38)25(2,3)13-35/h4-8,14,17,19,22,35-36H,1,9-13H2,2-3H3,(H,31,39)(H3,29,32,33,37)/t17-,19-,22-,26-,43?/m1/s1. The first-order valence-electron chi connectivity index (χ1n) is 13.3. The molecule has 0 aliphatic carbocycles. The van der Waals surface area contributed by atoms with E-state index in [4.69, 9.17) is 19.5 Å². The van der Waals surface area contributed by atoms with Gasteiger partial charge in [0.1, 0.15) is 18.0 Å². The maximum atomic E-state index is 16.2. The number of anilines is 1. The first-order valence-corrected chi connectivity index (χ1v) is 15.8. The van der Waals surface area contributed by atoms with Gasteiger partial charge >= 0.3 is 7.75 Å². The van der Waals surface area contributed by atoms with Gasteiger partial charge in [-0.25, -0.2) is 23.4 Å². The summed E-state index contributed by atoms with van der Waals surface area (Å²) in [4.78, 5) is 34.7. The number of aliphatic hydroxyl groups is 2. The molecule has 0 amide bonds. The van der Waals surface area contributed by atoms with E-state index in [1.807, 2.05) is 0 Å². The zero-order chi connectivity index (χ0) is 32.3. The topological polar surface area (TPSA) is 204 Å². The summed E-state index contributed by atoms with van der Waals surface area (Å²) in [6, 6.07) is 5.33. The lowest BCUT2D eigenvalue weighted by molar-refractivity contribution is -0.119. The number of nitrogen functional groups attached to an aromatic ring is 1. The molecule has 2 aromatic heterocycles. The summed E-state index contributed by atoms with van der Waals surface area (Å²) < 4.78 is 61.2. The van der Waals surface area contributed by atoms with Crippen LogP contribution in [0.1, 0.15) is 25.6 Å². The molecule has 1 aliphatic heterocycles. The van der Waals surface area contributed by atoms with Crippen LogP contribution in [0.3, 0.4) is 0 Å². The fourth-order valence-corrected chi connectivity index (χ4v) is 6.40. The van der Waals surface area contributed by atoms with E-state index in [9.17, 15) is 28.8 Å². The summed E-state index contributed by atoms with van der Waals surface area (Å²) in [7, 11) is -4.22. The van der Waals surface area contributed by atoms with E-state index in [-0.39, 0.29) is 47.7 Å². The smallest absolute Gasteiger partial charge is 0.395 e. The summed E-state index contributed by atoms with van der Waals surface area (Å²) in [5.74, 6) is -0.661. The molecule has 0 saturated carbocycles. The number of imidazole rings is 1. The molecule has 14 nitrogen and oxygen atoms in total. The van der Waals surface area contributed by atoms with Gasteiger partial charge in [0, 0.05) is 12.3 Å². The number of ether oxygens (including phenoxy) is 1. The van der Waals surface area contributed by atoms with E-state index >= 15 is 4.39 Å². The van der Waals surface area contributed by atoms with Gasteiger partial charge in [0.05, 0.1) is 31.6 Å². The molecule has 6 N–H and O–H groups in total. The van der Waals surface area contributed by atoms with E-state index in [2.05, 4.69) is 26.6 Å². The van der Waals surface area contributed by atoms with Gasteiger partial charge in [-0.05, 0) is 37.6 Å². The van der Waals surface area contributed by atoms with Crippen molar-refractivity contribution in [1.82, 2.24) is 24.6 Å². The Kier molecular flexibility index (Phi) is 10.4. The number of nitrogens with two attached hydrogens (primary N) is 1. The molecule has 0 radical (unpaired) electrons. The van der Waals surface area contributed by atoms with E-state index < -0.39 is 55.2 Å². The molecular weight excluding hydrogens is 625 g/mol. The van der Waals surface area contributed by atoms with Crippen molar-refractivity contribution in [2.45, 2.75) is 44.5 Å². The first-order chi connectivity index (χ1) is 20.7. The molecule has 44 heavy (non-hydrogen) atoms. The van der Waals surface area contributed by atoms with Crippen molar-refractivity contribution in [1.29, 1.82) is 0 Å². The van der Waals surface area contributed by atoms with E-state index in [0.29, 0.717) is 5.56 Å². The molecule has 1 aliphatic rings. The number of alkyl halides is 1. The highest BCUT2D eigenvalue weighted by Gasteiger charge is 2.57. The number of carbonyl (C=O) groups is 1. The highest BCUT2D eigenvalue weighted by atomic mass is 32.2. The second-order valence-electron chi connectivity index (χ2n) is 10.5. The maximum absolute atomic E-state index is 16.2. The largest absolute Gasteiger partial charge is 0.405 e. The number of fused-ring (bicyclic) bond motifs is 1. The summed E-state index contributed by atoms with van der Waals surface area (Å²) >= 11 is 0.869. The van der Waals surface area contributed by atoms with Crippen molar-refractivity contribution >= 4 is 41.7 Å². The van der Waals surface area contributed by atoms with Gasteiger partial charge in [-0.1, -0.05) is 30.5 Å². The molecule has 4 rings (SSSR count). The van der Waals surface area contributed by atoms with Crippen LogP contribution in [0, 0.1) is 11.2 Å². The van der Waals surface area contributed by atoms with Crippen molar-refractivity contribution in [2.24, 2.45) is 5.41 Å². The van der Waals surface area contributed by atoms with Crippen LogP contribution >= 0.6 is 19.5 Å². The Morgan fingerprint density at radius 2 is 2.09 bits per heavy atom. The highest BCUT2D eigenvalue weighted by Crippen LogP contribution is 2.48. The predicted molar refractivity (Wildman–Crippen MR) is 158 cm³/mol. The number of carbonyl (C=O) groups excluding carboxylic acids is 1. The Balaban J connectivity index is 1.50. The molecule has 3 heterocycles. The third-order valence-corrected chi connectivity index (χ3v) is 9.57. The van der Waals surface area contributed by atoms with Crippen LogP contribution in [0.5, 0.6) is 0 Å².